The highest BCUT2D eigenvalue weighted by molar-refractivity contribution is 5.73. The van der Waals surface area contributed by atoms with Crippen molar-refractivity contribution in [1.29, 1.82) is 0 Å². The predicted molar refractivity (Wildman–Crippen MR) is 130 cm³/mol. The van der Waals surface area contributed by atoms with E-state index >= 15 is 0 Å². The van der Waals surface area contributed by atoms with Crippen molar-refractivity contribution in [3.8, 4) is 11.4 Å². The Morgan fingerprint density at radius 1 is 0.970 bits per heavy atom. The molecule has 1 aliphatic heterocycles. The SMILES string of the molecule is Cc1ccc(O[C@H]2c3ccccc3C[C@H]2N2CCC[C@H](N)C2)c(-n2nc3ccccc3n2)c1. The summed E-state index contributed by atoms with van der Waals surface area (Å²) < 4.78 is 6.86. The zero-order chi connectivity index (χ0) is 22.4. The Kier molecular flexibility index (Phi) is 5.12. The number of ether oxygens (including phenoxy) is 1. The number of aromatic nitrogens is 3. The van der Waals surface area contributed by atoms with E-state index in [1.165, 1.54) is 11.1 Å². The molecule has 3 atom stereocenters. The molecule has 2 aliphatic rings. The van der Waals surface area contributed by atoms with Crippen LogP contribution in [0.4, 0.5) is 0 Å². The highest BCUT2D eigenvalue weighted by atomic mass is 16.5. The lowest BCUT2D eigenvalue weighted by atomic mass is 10.0. The van der Waals surface area contributed by atoms with Gasteiger partial charge in [0.15, 0.2) is 0 Å². The van der Waals surface area contributed by atoms with Crippen LogP contribution < -0.4 is 10.5 Å². The normalized spacial score (nSPS) is 23.0. The third-order valence-corrected chi connectivity index (χ3v) is 6.97. The number of benzene rings is 3. The van der Waals surface area contributed by atoms with Crippen molar-refractivity contribution in [1.82, 2.24) is 19.9 Å². The minimum atomic E-state index is -0.0575. The highest BCUT2D eigenvalue weighted by Crippen LogP contribution is 2.40. The highest BCUT2D eigenvalue weighted by Gasteiger charge is 2.39. The standard InChI is InChI=1S/C27H29N5O/c1-18-12-13-26(24(15-18)32-29-22-10-4-5-11-23(22)30-32)33-27-21-9-3-2-7-19(21)16-25(27)31-14-6-8-20(28)17-31/h2-5,7,9-13,15,20,25,27H,6,8,14,16-17,28H2,1H3/t20-,25+,27-/m0/s1. The Bertz CT molecular complexity index is 1270. The molecule has 0 saturated carbocycles. The number of likely N-dealkylation sites (tertiary alicyclic amines) is 1. The van der Waals surface area contributed by atoms with Crippen molar-refractivity contribution in [2.45, 2.75) is 44.4 Å². The van der Waals surface area contributed by atoms with Crippen molar-refractivity contribution in [2.24, 2.45) is 5.73 Å². The van der Waals surface area contributed by atoms with Crippen LogP contribution in [0.1, 0.15) is 35.6 Å². The second-order valence-corrected chi connectivity index (χ2v) is 9.36. The van der Waals surface area contributed by atoms with E-state index in [0.29, 0.717) is 0 Å². The van der Waals surface area contributed by atoms with Crippen molar-refractivity contribution in [3.63, 3.8) is 0 Å². The second kappa shape index (κ2) is 8.28. The number of fused-ring (bicyclic) bond motifs is 2. The number of hydrogen-bond donors (Lipinski definition) is 1. The van der Waals surface area contributed by atoms with Crippen LogP contribution in [0.3, 0.4) is 0 Å². The summed E-state index contributed by atoms with van der Waals surface area (Å²) in [6.45, 7) is 4.07. The molecule has 1 aliphatic carbocycles. The van der Waals surface area contributed by atoms with E-state index in [0.717, 1.165) is 60.4 Å². The molecule has 0 spiro atoms. The molecule has 0 bridgehead atoms. The monoisotopic (exact) mass is 439 g/mol. The number of nitrogens with two attached hydrogens (primary N) is 1. The third kappa shape index (κ3) is 3.79. The van der Waals surface area contributed by atoms with Crippen LogP contribution in [0.2, 0.25) is 0 Å². The van der Waals surface area contributed by atoms with Crippen LogP contribution in [0, 0.1) is 6.92 Å². The lowest BCUT2D eigenvalue weighted by molar-refractivity contribution is 0.0591. The molecule has 1 fully saturated rings. The van der Waals surface area contributed by atoms with E-state index in [4.69, 9.17) is 20.7 Å². The third-order valence-electron chi connectivity index (χ3n) is 6.97. The van der Waals surface area contributed by atoms with Gasteiger partial charge in [0.1, 0.15) is 28.6 Å². The average molecular weight is 440 g/mol. The van der Waals surface area contributed by atoms with Crippen LogP contribution in [0.25, 0.3) is 16.7 Å². The van der Waals surface area contributed by atoms with E-state index in [1.54, 1.807) is 4.80 Å². The summed E-state index contributed by atoms with van der Waals surface area (Å²) in [6.07, 6.45) is 3.17. The predicted octanol–water partition coefficient (Wildman–Crippen LogP) is 4.20. The molecule has 1 aromatic heterocycles. The molecule has 6 nitrogen and oxygen atoms in total. The lowest BCUT2D eigenvalue weighted by Crippen LogP contribution is -2.49. The van der Waals surface area contributed by atoms with Crippen molar-refractivity contribution < 1.29 is 4.74 Å². The smallest absolute Gasteiger partial charge is 0.147 e. The van der Waals surface area contributed by atoms with Gasteiger partial charge in [0.2, 0.25) is 0 Å². The fraction of sp³-hybridized carbons (Fsp3) is 0.333. The zero-order valence-electron chi connectivity index (χ0n) is 18.9. The molecule has 6 rings (SSSR count). The fourth-order valence-corrected chi connectivity index (χ4v) is 5.33. The maximum absolute atomic E-state index is 6.86. The summed E-state index contributed by atoms with van der Waals surface area (Å²) >= 11 is 0. The second-order valence-electron chi connectivity index (χ2n) is 9.36. The maximum Gasteiger partial charge on any atom is 0.147 e. The largest absolute Gasteiger partial charge is 0.482 e. The van der Waals surface area contributed by atoms with Crippen molar-refractivity contribution in [3.05, 3.63) is 83.4 Å². The summed E-state index contributed by atoms with van der Waals surface area (Å²) in [5.41, 5.74) is 12.7. The molecule has 33 heavy (non-hydrogen) atoms. The Hall–Kier alpha value is -3.22. The zero-order valence-corrected chi connectivity index (χ0v) is 18.9. The van der Waals surface area contributed by atoms with Gasteiger partial charge in [-0.25, -0.2) is 0 Å². The molecule has 0 radical (unpaired) electrons. The molecule has 0 unspecified atom stereocenters. The van der Waals surface area contributed by atoms with Gasteiger partial charge in [0.05, 0.1) is 6.04 Å². The Morgan fingerprint density at radius 3 is 2.52 bits per heavy atom. The Labute approximate surface area is 194 Å². The van der Waals surface area contributed by atoms with Gasteiger partial charge in [0.25, 0.3) is 0 Å². The minimum absolute atomic E-state index is 0.0575. The van der Waals surface area contributed by atoms with Crippen LogP contribution in [0.15, 0.2) is 66.7 Å². The Morgan fingerprint density at radius 2 is 1.73 bits per heavy atom. The first-order chi connectivity index (χ1) is 16.2. The Balaban J connectivity index is 1.39. The first-order valence-corrected chi connectivity index (χ1v) is 11.8. The summed E-state index contributed by atoms with van der Waals surface area (Å²) in [5, 5.41) is 9.44. The maximum atomic E-state index is 6.86. The van der Waals surface area contributed by atoms with E-state index < -0.39 is 0 Å². The molecule has 2 heterocycles. The molecule has 3 aromatic carbocycles. The minimum Gasteiger partial charge on any atom is -0.482 e. The van der Waals surface area contributed by atoms with Gasteiger partial charge < -0.3 is 10.5 Å². The molecule has 4 aromatic rings. The molecular weight excluding hydrogens is 410 g/mol. The molecule has 0 amide bonds. The van der Waals surface area contributed by atoms with Crippen LogP contribution in [-0.2, 0) is 6.42 Å². The first kappa shape index (κ1) is 20.4. The van der Waals surface area contributed by atoms with Crippen molar-refractivity contribution >= 4 is 11.0 Å². The van der Waals surface area contributed by atoms with Crippen LogP contribution in [0.5, 0.6) is 5.75 Å². The van der Waals surface area contributed by atoms with Crippen molar-refractivity contribution in [2.75, 3.05) is 13.1 Å². The molecule has 6 heteroatoms. The molecule has 1 saturated heterocycles. The molecule has 2 N–H and O–H groups in total. The van der Waals surface area contributed by atoms with Gasteiger partial charge >= 0.3 is 0 Å². The average Bonchev–Trinajstić information content (AvgIpc) is 3.42. The lowest BCUT2D eigenvalue weighted by Gasteiger charge is -2.38. The van der Waals surface area contributed by atoms with E-state index in [-0.39, 0.29) is 18.2 Å². The topological polar surface area (TPSA) is 69.2 Å². The first-order valence-electron chi connectivity index (χ1n) is 11.8. The number of hydrogen-bond acceptors (Lipinski definition) is 5. The van der Waals surface area contributed by atoms with Gasteiger partial charge in [-0.3, -0.25) is 4.90 Å². The number of nitrogens with zero attached hydrogens (tertiary/aromatic N) is 4. The van der Waals surface area contributed by atoms with Gasteiger partial charge in [-0.2, -0.15) is 0 Å². The summed E-state index contributed by atoms with van der Waals surface area (Å²) in [6, 6.07) is 23.4. The van der Waals surface area contributed by atoms with Gasteiger partial charge in [0, 0.05) is 12.6 Å². The van der Waals surface area contributed by atoms with Gasteiger partial charge in [-0.05, 0) is 73.7 Å². The molecular formula is C27H29N5O. The number of piperidine rings is 1. The summed E-state index contributed by atoms with van der Waals surface area (Å²) in [5.74, 6) is 0.800. The quantitative estimate of drug-likeness (QED) is 0.516. The van der Waals surface area contributed by atoms with Gasteiger partial charge in [-0.1, -0.05) is 42.5 Å². The van der Waals surface area contributed by atoms with E-state index in [1.807, 2.05) is 24.3 Å². The van der Waals surface area contributed by atoms with Crippen LogP contribution >= 0.6 is 0 Å². The van der Waals surface area contributed by atoms with E-state index in [9.17, 15) is 0 Å². The molecule has 168 valence electrons. The fourth-order valence-electron chi connectivity index (χ4n) is 5.33. The summed E-state index contributed by atoms with van der Waals surface area (Å²) in [4.78, 5) is 4.24. The number of aryl methyl sites for hydroxylation is 1. The number of rotatable bonds is 4. The van der Waals surface area contributed by atoms with E-state index in [2.05, 4.69) is 54.3 Å². The van der Waals surface area contributed by atoms with Gasteiger partial charge in [-0.15, -0.1) is 15.0 Å². The summed E-state index contributed by atoms with van der Waals surface area (Å²) in [7, 11) is 0. The van der Waals surface area contributed by atoms with Crippen LogP contribution in [-0.4, -0.2) is 45.1 Å².